The molecule has 0 unspecified atom stereocenters. The zero-order valence-electron chi connectivity index (χ0n) is 21.8. The largest absolute Gasteiger partial charge is 0.480 e. The monoisotopic (exact) mass is 548 g/mol. The lowest BCUT2D eigenvalue weighted by Crippen LogP contribution is -2.12. The van der Waals surface area contributed by atoms with E-state index in [-0.39, 0.29) is 17.6 Å². The van der Waals surface area contributed by atoms with Crippen LogP contribution in [0.15, 0.2) is 43.0 Å². The molecule has 204 valence electrons. The van der Waals surface area contributed by atoms with Crippen molar-refractivity contribution in [1.82, 2.24) is 39.3 Å². The van der Waals surface area contributed by atoms with Crippen LogP contribution >= 0.6 is 0 Å². The zero-order chi connectivity index (χ0) is 28.2. The molecule has 0 radical (unpaired) electrons. The third kappa shape index (κ3) is 4.56. The maximum Gasteiger partial charge on any atom is 0.434 e. The van der Waals surface area contributed by atoms with Crippen molar-refractivity contribution < 1.29 is 22.7 Å². The molecule has 1 aromatic carbocycles. The van der Waals surface area contributed by atoms with Crippen LogP contribution in [0, 0.1) is 0 Å². The molecular formula is C27H23F3N8O2. The summed E-state index contributed by atoms with van der Waals surface area (Å²) in [6.07, 6.45) is 1.76. The molecule has 5 aromatic rings. The second-order valence-corrected chi connectivity index (χ2v) is 9.65. The first kappa shape index (κ1) is 25.6. The number of imidazole rings is 1. The molecule has 10 nitrogen and oxygen atoms in total. The highest BCUT2D eigenvalue weighted by Gasteiger charge is 2.35. The summed E-state index contributed by atoms with van der Waals surface area (Å²) in [5.41, 5.74) is 3.32. The van der Waals surface area contributed by atoms with Crippen molar-refractivity contribution in [3.8, 4) is 28.7 Å². The Balaban J connectivity index is 1.39. The molecule has 4 heterocycles. The van der Waals surface area contributed by atoms with Crippen LogP contribution in [0.4, 0.5) is 13.2 Å². The van der Waals surface area contributed by atoms with Gasteiger partial charge in [-0.15, -0.1) is 0 Å². The molecule has 40 heavy (non-hydrogen) atoms. The van der Waals surface area contributed by atoms with Crippen LogP contribution in [0.1, 0.15) is 53.1 Å². The van der Waals surface area contributed by atoms with Crippen molar-refractivity contribution >= 4 is 16.9 Å². The molecule has 13 heteroatoms. The molecule has 0 saturated heterocycles. The average Bonchev–Trinajstić information content (AvgIpc) is 3.61. The zero-order valence-corrected chi connectivity index (χ0v) is 21.8. The number of alkyl halides is 3. The van der Waals surface area contributed by atoms with Gasteiger partial charge in [-0.05, 0) is 18.4 Å². The summed E-state index contributed by atoms with van der Waals surface area (Å²) in [5, 5.41) is 4.42. The van der Waals surface area contributed by atoms with Gasteiger partial charge in [0.05, 0.1) is 24.7 Å². The Morgan fingerprint density at radius 1 is 1.10 bits per heavy atom. The minimum Gasteiger partial charge on any atom is -0.480 e. The SMILES string of the molecule is COc1ncnc(C2CC2)c1-c1ncc2nn(C(C)=O)c(Cc3ccc(-c4nc(C(F)(F)F)cn4C)cc3)c2n1. The Bertz CT molecular complexity index is 1750. The fraction of sp³-hybridized carbons (Fsp3) is 0.296. The maximum absolute atomic E-state index is 13.1. The topological polar surface area (TPSA) is 113 Å². The summed E-state index contributed by atoms with van der Waals surface area (Å²) in [6.45, 7) is 1.41. The molecule has 1 saturated carbocycles. The second-order valence-electron chi connectivity index (χ2n) is 9.65. The molecule has 0 spiro atoms. The minimum absolute atomic E-state index is 0.195. The third-order valence-electron chi connectivity index (χ3n) is 6.78. The summed E-state index contributed by atoms with van der Waals surface area (Å²) in [5.74, 6) is 0.936. The fourth-order valence-corrected chi connectivity index (χ4v) is 4.72. The number of hydrogen-bond acceptors (Lipinski definition) is 8. The van der Waals surface area contributed by atoms with Gasteiger partial charge < -0.3 is 9.30 Å². The van der Waals surface area contributed by atoms with Gasteiger partial charge in [0.1, 0.15) is 28.7 Å². The van der Waals surface area contributed by atoms with Crippen LogP contribution in [-0.2, 0) is 19.6 Å². The number of fused-ring (bicyclic) bond motifs is 1. The van der Waals surface area contributed by atoms with E-state index in [0.29, 0.717) is 46.0 Å². The van der Waals surface area contributed by atoms with Crippen LogP contribution in [0.25, 0.3) is 33.8 Å². The predicted molar refractivity (Wildman–Crippen MR) is 138 cm³/mol. The number of benzene rings is 1. The summed E-state index contributed by atoms with van der Waals surface area (Å²) in [4.78, 5) is 34.3. The summed E-state index contributed by atoms with van der Waals surface area (Å²) in [7, 11) is 3.04. The average molecular weight is 549 g/mol. The highest BCUT2D eigenvalue weighted by molar-refractivity contribution is 5.86. The Morgan fingerprint density at radius 2 is 1.85 bits per heavy atom. The van der Waals surface area contributed by atoms with Crippen molar-refractivity contribution in [2.75, 3.05) is 7.11 Å². The number of carbonyl (C=O) groups excluding carboxylic acids is 1. The molecule has 6 rings (SSSR count). The van der Waals surface area contributed by atoms with E-state index in [1.165, 1.54) is 36.7 Å². The van der Waals surface area contributed by atoms with E-state index in [1.54, 1.807) is 30.5 Å². The Hall–Kier alpha value is -4.68. The van der Waals surface area contributed by atoms with Gasteiger partial charge in [-0.3, -0.25) is 4.79 Å². The Kier molecular flexibility index (Phi) is 6.08. The van der Waals surface area contributed by atoms with Crippen molar-refractivity contribution in [3.63, 3.8) is 0 Å². The summed E-state index contributed by atoms with van der Waals surface area (Å²) < 4.78 is 47.5. The molecule has 1 aliphatic rings. The standard InChI is InChI=1S/C27H23F3N8O2/c1-14(39)38-19(10-15-4-6-17(7-5-15)25-34-20(12-37(25)2)27(28,29)30)23-18(36-38)11-31-24(35-23)21-22(16-8-9-16)32-13-33-26(21)40-3/h4-7,11-13,16H,8-10H2,1-3H3. The van der Waals surface area contributed by atoms with Gasteiger partial charge in [-0.25, -0.2) is 29.6 Å². The van der Waals surface area contributed by atoms with Crippen molar-refractivity contribution in [1.29, 1.82) is 0 Å². The Morgan fingerprint density at radius 3 is 2.48 bits per heavy atom. The van der Waals surface area contributed by atoms with E-state index in [0.717, 1.165) is 30.3 Å². The van der Waals surface area contributed by atoms with Crippen molar-refractivity contribution in [2.45, 2.75) is 38.3 Å². The van der Waals surface area contributed by atoms with Gasteiger partial charge in [0.2, 0.25) is 11.8 Å². The molecular weight excluding hydrogens is 525 g/mol. The number of halogens is 3. The molecule has 0 N–H and O–H groups in total. The van der Waals surface area contributed by atoms with E-state index in [9.17, 15) is 18.0 Å². The lowest BCUT2D eigenvalue weighted by molar-refractivity contribution is -0.140. The third-order valence-corrected chi connectivity index (χ3v) is 6.78. The smallest absolute Gasteiger partial charge is 0.434 e. The van der Waals surface area contributed by atoms with Crippen LogP contribution < -0.4 is 4.74 Å². The number of nitrogens with zero attached hydrogens (tertiary/aromatic N) is 8. The van der Waals surface area contributed by atoms with Gasteiger partial charge in [0, 0.05) is 38.1 Å². The molecule has 0 atom stereocenters. The highest BCUT2D eigenvalue weighted by atomic mass is 19.4. The molecule has 4 aromatic heterocycles. The number of carbonyl (C=O) groups is 1. The first-order chi connectivity index (χ1) is 19.1. The van der Waals surface area contributed by atoms with E-state index in [2.05, 4.69) is 25.0 Å². The fourth-order valence-electron chi connectivity index (χ4n) is 4.72. The van der Waals surface area contributed by atoms with E-state index in [1.807, 2.05) is 0 Å². The molecule has 1 fully saturated rings. The first-order valence-electron chi connectivity index (χ1n) is 12.5. The quantitative estimate of drug-likeness (QED) is 0.296. The molecule has 0 aliphatic heterocycles. The normalized spacial score (nSPS) is 13.7. The number of rotatable bonds is 6. The molecule has 0 bridgehead atoms. The van der Waals surface area contributed by atoms with E-state index >= 15 is 0 Å². The van der Waals surface area contributed by atoms with Crippen molar-refractivity contribution in [2.24, 2.45) is 7.05 Å². The van der Waals surface area contributed by atoms with Gasteiger partial charge >= 0.3 is 6.18 Å². The number of aryl methyl sites for hydroxylation is 1. The molecule has 1 aliphatic carbocycles. The van der Waals surface area contributed by atoms with Gasteiger partial charge in [-0.1, -0.05) is 24.3 Å². The Labute approximate surface area is 225 Å². The number of hydrogen-bond donors (Lipinski definition) is 0. The number of methoxy groups -OCH3 is 1. The van der Waals surface area contributed by atoms with Crippen LogP contribution in [0.5, 0.6) is 5.88 Å². The van der Waals surface area contributed by atoms with Crippen LogP contribution in [-0.4, -0.2) is 52.3 Å². The highest BCUT2D eigenvalue weighted by Crippen LogP contribution is 2.45. The lowest BCUT2D eigenvalue weighted by Gasteiger charge is -2.10. The maximum atomic E-state index is 13.1. The summed E-state index contributed by atoms with van der Waals surface area (Å²) in [6, 6.07) is 6.95. The first-order valence-corrected chi connectivity index (χ1v) is 12.5. The van der Waals surface area contributed by atoms with Gasteiger partial charge in [-0.2, -0.15) is 18.3 Å². The van der Waals surface area contributed by atoms with Crippen molar-refractivity contribution in [3.05, 3.63) is 65.6 Å². The van der Waals surface area contributed by atoms with Gasteiger partial charge in [0.25, 0.3) is 0 Å². The van der Waals surface area contributed by atoms with Crippen LogP contribution in [0.3, 0.4) is 0 Å². The lowest BCUT2D eigenvalue weighted by atomic mass is 10.1. The predicted octanol–water partition coefficient (Wildman–Crippen LogP) is 4.84. The molecule has 0 amide bonds. The second kappa shape index (κ2) is 9.50. The number of ether oxygens (including phenoxy) is 1. The van der Waals surface area contributed by atoms with E-state index < -0.39 is 11.9 Å². The number of aromatic nitrogens is 8. The van der Waals surface area contributed by atoms with E-state index in [4.69, 9.17) is 9.72 Å². The van der Waals surface area contributed by atoms with Crippen LogP contribution in [0.2, 0.25) is 0 Å². The summed E-state index contributed by atoms with van der Waals surface area (Å²) >= 11 is 0. The van der Waals surface area contributed by atoms with Gasteiger partial charge in [0.15, 0.2) is 11.5 Å². The minimum atomic E-state index is -4.53.